The molecule has 2 amide bonds. The van der Waals surface area contributed by atoms with Gasteiger partial charge in [-0.3, -0.25) is 14.7 Å². The molecule has 18 heavy (non-hydrogen) atoms. The summed E-state index contributed by atoms with van der Waals surface area (Å²) in [5.74, 6) is 0.172. The van der Waals surface area contributed by atoms with Crippen molar-refractivity contribution in [2.24, 2.45) is 0 Å². The monoisotopic (exact) mass is 245 g/mol. The maximum Gasteiger partial charge on any atom is 0.248 e. The van der Waals surface area contributed by atoms with Crippen LogP contribution < -0.4 is 10.6 Å². The lowest BCUT2D eigenvalue weighted by molar-refractivity contribution is -0.122. The highest BCUT2D eigenvalue weighted by Crippen LogP contribution is 2.18. The quantitative estimate of drug-likeness (QED) is 0.702. The second kappa shape index (κ2) is 4.10. The number of carbonyl (C=O) groups excluding carboxylic acids is 2. The molecule has 0 saturated carbocycles. The number of pyridine rings is 1. The minimum Gasteiger partial charge on any atom is -0.344 e. The molecule has 1 fully saturated rings. The maximum absolute atomic E-state index is 11.9. The molecule has 7 heteroatoms. The van der Waals surface area contributed by atoms with Crippen LogP contribution in [-0.2, 0) is 9.59 Å². The first-order chi connectivity index (χ1) is 8.74. The van der Waals surface area contributed by atoms with E-state index in [2.05, 4.69) is 25.8 Å². The van der Waals surface area contributed by atoms with E-state index < -0.39 is 6.04 Å². The zero-order valence-electron chi connectivity index (χ0n) is 9.43. The Morgan fingerprint density at radius 3 is 3.17 bits per heavy atom. The number of aromatic nitrogens is 3. The number of aromatic amines is 1. The van der Waals surface area contributed by atoms with Gasteiger partial charge in [-0.2, -0.15) is 5.10 Å². The van der Waals surface area contributed by atoms with E-state index in [0.717, 1.165) is 5.39 Å². The molecule has 7 nitrogen and oxygen atoms in total. The average molecular weight is 245 g/mol. The minimum atomic E-state index is -0.465. The van der Waals surface area contributed by atoms with E-state index >= 15 is 0 Å². The highest BCUT2D eigenvalue weighted by Gasteiger charge is 2.27. The molecule has 0 spiro atoms. The van der Waals surface area contributed by atoms with Crippen molar-refractivity contribution in [3.8, 4) is 0 Å². The number of anilines is 1. The predicted molar refractivity (Wildman–Crippen MR) is 63.7 cm³/mol. The van der Waals surface area contributed by atoms with Crippen molar-refractivity contribution >= 4 is 28.7 Å². The van der Waals surface area contributed by atoms with E-state index in [9.17, 15) is 9.59 Å². The van der Waals surface area contributed by atoms with Crippen LogP contribution in [0.1, 0.15) is 12.8 Å². The fraction of sp³-hybridized carbons (Fsp3) is 0.273. The Hall–Kier alpha value is -2.44. The Kier molecular flexibility index (Phi) is 2.44. The summed E-state index contributed by atoms with van der Waals surface area (Å²) in [5.41, 5.74) is 0.545. The van der Waals surface area contributed by atoms with Gasteiger partial charge in [0.2, 0.25) is 11.8 Å². The van der Waals surface area contributed by atoms with E-state index in [1.807, 2.05) is 6.07 Å². The molecule has 1 aliphatic heterocycles. The lowest BCUT2D eigenvalue weighted by Gasteiger charge is -2.09. The summed E-state index contributed by atoms with van der Waals surface area (Å²) < 4.78 is 0. The van der Waals surface area contributed by atoms with Crippen LogP contribution in [0.4, 0.5) is 5.82 Å². The van der Waals surface area contributed by atoms with E-state index in [0.29, 0.717) is 24.3 Å². The molecule has 2 aromatic heterocycles. The van der Waals surface area contributed by atoms with Gasteiger partial charge in [0.15, 0.2) is 5.65 Å². The molecule has 3 heterocycles. The summed E-state index contributed by atoms with van der Waals surface area (Å²) >= 11 is 0. The standard InChI is InChI=1S/C11H11N5O2/c17-8-4-3-7(13-8)11(18)14-10-6-2-1-5-12-9(6)15-16-10/h1-2,5,7H,3-4H2,(H,13,17)(H2,12,14,15,16,18). The third-order valence-corrected chi connectivity index (χ3v) is 2.89. The van der Waals surface area contributed by atoms with E-state index in [1.54, 1.807) is 12.3 Å². The SMILES string of the molecule is O=C1CCC(C(=O)Nc2[nH]nc3ncccc23)N1. The van der Waals surface area contributed by atoms with Crippen molar-refractivity contribution in [1.29, 1.82) is 0 Å². The molecule has 0 aliphatic carbocycles. The highest BCUT2D eigenvalue weighted by atomic mass is 16.2. The Balaban J connectivity index is 1.80. The molecule has 92 valence electrons. The number of carbonyl (C=O) groups is 2. The van der Waals surface area contributed by atoms with Gasteiger partial charge >= 0.3 is 0 Å². The van der Waals surface area contributed by atoms with Gasteiger partial charge in [0.05, 0.1) is 5.39 Å². The first kappa shape index (κ1) is 10.7. The Morgan fingerprint density at radius 2 is 2.39 bits per heavy atom. The molecule has 0 bridgehead atoms. The molecule has 1 unspecified atom stereocenters. The Morgan fingerprint density at radius 1 is 1.50 bits per heavy atom. The first-order valence-corrected chi connectivity index (χ1v) is 5.63. The van der Waals surface area contributed by atoms with Gasteiger partial charge < -0.3 is 10.6 Å². The summed E-state index contributed by atoms with van der Waals surface area (Å²) in [5, 5.41) is 12.8. The molecule has 2 aromatic rings. The van der Waals surface area contributed by atoms with Gasteiger partial charge in [-0.15, -0.1) is 0 Å². The number of hydrogen-bond donors (Lipinski definition) is 3. The van der Waals surface area contributed by atoms with Gasteiger partial charge in [-0.25, -0.2) is 4.98 Å². The van der Waals surface area contributed by atoms with Crippen molar-refractivity contribution in [3.63, 3.8) is 0 Å². The number of amides is 2. The highest BCUT2D eigenvalue weighted by molar-refractivity contribution is 6.03. The molecule has 0 radical (unpaired) electrons. The van der Waals surface area contributed by atoms with E-state index in [1.165, 1.54) is 0 Å². The Bertz CT molecular complexity index is 621. The fourth-order valence-corrected chi connectivity index (χ4v) is 1.97. The lowest BCUT2D eigenvalue weighted by atomic mass is 10.2. The van der Waals surface area contributed by atoms with E-state index in [4.69, 9.17) is 0 Å². The smallest absolute Gasteiger partial charge is 0.248 e. The largest absolute Gasteiger partial charge is 0.344 e. The molecular weight excluding hydrogens is 234 g/mol. The summed E-state index contributed by atoms with van der Waals surface area (Å²) in [6.07, 6.45) is 2.55. The van der Waals surface area contributed by atoms with Crippen LogP contribution in [0.15, 0.2) is 18.3 Å². The van der Waals surface area contributed by atoms with Gasteiger partial charge in [0.1, 0.15) is 11.9 Å². The third kappa shape index (κ3) is 1.79. The lowest BCUT2D eigenvalue weighted by Crippen LogP contribution is -2.37. The van der Waals surface area contributed by atoms with Gasteiger partial charge in [0.25, 0.3) is 0 Å². The van der Waals surface area contributed by atoms with Crippen LogP contribution in [0.5, 0.6) is 0 Å². The number of nitrogens with one attached hydrogen (secondary N) is 3. The number of hydrogen-bond acceptors (Lipinski definition) is 4. The number of rotatable bonds is 2. The molecule has 3 N–H and O–H groups in total. The van der Waals surface area contributed by atoms with Crippen LogP contribution in [0.2, 0.25) is 0 Å². The fourth-order valence-electron chi connectivity index (χ4n) is 1.97. The number of nitrogens with zero attached hydrogens (tertiary/aromatic N) is 2. The van der Waals surface area contributed by atoms with Gasteiger partial charge in [-0.05, 0) is 18.6 Å². The van der Waals surface area contributed by atoms with Gasteiger partial charge in [0, 0.05) is 12.6 Å². The molecule has 1 saturated heterocycles. The summed E-state index contributed by atoms with van der Waals surface area (Å²) in [4.78, 5) is 27.0. The molecule has 1 aliphatic rings. The van der Waals surface area contributed by atoms with E-state index in [-0.39, 0.29) is 11.8 Å². The minimum absolute atomic E-state index is 0.0914. The summed E-state index contributed by atoms with van der Waals surface area (Å²) in [6, 6.07) is 3.12. The van der Waals surface area contributed by atoms with Crippen molar-refractivity contribution in [1.82, 2.24) is 20.5 Å². The molecule has 3 rings (SSSR count). The number of fused-ring (bicyclic) bond motifs is 1. The van der Waals surface area contributed by atoms with Crippen LogP contribution >= 0.6 is 0 Å². The van der Waals surface area contributed by atoms with Crippen molar-refractivity contribution in [3.05, 3.63) is 18.3 Å². The van der Waals surface area contributed by atoms with Crippen molar-refractivity contribution < 1.29 is 9.59 Å². The first-order valence-electron chi connectivity index (χ1n) is 5.63. The Labute approximate surface area is 102 Å². The van der Waals surface area contributed by atoms with Crippen LogP contribution in [0.3, 0.4) is 0 Å². The number of H-pyrrole nitrogens is 1. The van der Waals surface area contributed by atoms with Crippen LogP contribution in [0, 0.1) is 0 Å². The van der Waals surface area contributed by atoms with Crippen molar-refractivity contribution in [2.75, 3.05) is 5.32 Å². The topological polar surface area (TPSA) is 99.8 Å². The summed E-state index contributed by atoms with van der Waals surface area (Å²) in [7, 11) is 0. The predicted octanol–water partition coefficient (Wildman–Crippen LogP) is 0.175. The zero-order valence-corrected chi connectivity index (χ0v) is 9.43. The second-order valence-electron chi connectivity index (χ2n) is 4.12. The molecular formula is C11H11N5O2. The van der Waals surface area contributed by atoms with Crippen LogP contribution in [0.25, 0.3) is 11.0 Å². The molecule has 1 atom stereocenters. The van der Waals surface area contributed by atoms with Crippen molar-refractivity contribution in [2.45, 2.75) is 18.9 Å². The second-order valence-corrected chi connectivity index (χ2v) is 4.12. The zero-order chi connectivity index (χ0) is 12.5. The van der Waals surface area contributed by atoms with Crippen LogP contribution in [-0.4, -0.2) is 33.0 Å². The average Bonchev–Trinajstić information content (AvgIpc) is 2.97. The molecule has 0 aromatic carbocycles. The maximum atomic E-state index is 11.9. The van der Waals surface area contributed by atoms with Gasteiger partial charge in [-0.1, -0.05) is 0 Å². The third-order valence-electron chi connectivity index (χ3n) is 2.89. The summed E-state index contributed by atoms with van der Waals surface area (Å²) in [6.45, 7) is 0. The normalized spacial score (nSPS) is 18.9.